The van der Waals surface area contributed by atoms with Gasteiger partial charge in [0.1, 0.15) is 11.5 Å². The van der Waals surface area contributed by atoms with Crippen molar-refractivity contribution in [2.45, 2.75) is 83.7 Å². The van der Waals surface area contributed by atoms with Crippen molar-refractivity contribution in [3.05, 3.63) is 23.9 Å². The van der Waals surface area contributed by atoms with Gasteiger partial charge in [-0.05, 0) is 52.2 Å². The fraction of sp³-hybridized carbons (Fsp3) is 0.760. The number of pyridine rings is 1. The number of anilines is 1. The average molecular weight is 485 g/mol. The highest BCUT2D eigenvalue weighted by atomic mass is 19.4. The molecule has 6 nitrogen and oxygen atoms in total. The largest absolute Gasteiger partial charge is 0.433 e. The quantitative estimate of drug-likeness (QED) is 0.567. The van der Waals surface area contributed by atoms with E-state index in [0.29, 0.717) is 32.0 Å². The Hall–Kier alpha value is -1.71. The van der Waals surface area contributed by atoms with Gasteiger partial charge in [0.2, 0.25) is 5.91 Å². The zero-order chi connectivity index (χ0) is 25.1. The number of aromatic nitrogens is 1. The minimum absolute atomic E-state index is 0.0589. The van der Waals surface area contributed by atoms with Gasteiger partial charge < -0.3 is 4.74 Å². The molecule has 3 heterocycles. The number of ether oxygens (including phenoxy) is 1. The molecule has 0 N–H and O–H groups in total. The Kier molecular flexibility index (Phi) is 8.30. The van der Waals surface area contributed by atoms with E-state index in [1.54, 1.807) is 6.92 Å². The first-order chi connectivity index (χ1) is 15.9. The van der Waals surface area contributed by atoms with Gasteiger partial charge >= 0.3 is 6.18 Å². The summed E-state index contributed by atoms with van der Waals surface area (Å²) in [6, 6.07) is 4.28. The molecule has 0 spiro atoms. The van der Waals surface area contributed by atoms with Crippen LogP contribution in [0.1, 0.15) is 66.0 Å². The Bertz CT molecular complexity index is 840. The second kappa shape index (κ2) is 10.5. The van der Waals surface area contributed by atoms with Gasteiger partial charge in [-0.3, -0.25) is 19.5 Å². The summed E-state index contributed by atoms with van der Waals surface area (Å²) in [5.74, 6) is -0.169. The number of carbonyl (C=O) groups excluding carboxylic acids is 1. The minimum Gasteiger partial charge on any atom is -0.375 e. The van der Waals surface area contributed by atoms with Crippen molar-refractivity contribution >= 4 is 11.7 Å². The maximum absolute atomic E-state index is 13.4. The summed E-state index contributed by atoms with van der Waals surface area (Å²) >= 11 is 0. The number of carbonyl (C=O) groups is 1. The van der Waals surface area contributed by atoms with Crippen LogP contribution in [0, 0.1) is 0 Å². The Morgan fingerprint density at radius 1 is 1.21 bits per heavy atom. The first-order valence-electron chi connectivity index (χ1n) is 12.4. The molecule has 0 aromatic carbocycles. The SMILES string of the molecule is CCC(=O)N(CC1(N2CCN(C(C)CC)CC2)CCOC(C)(C)C1)c1cccc(C(F)(F)F)n1. The molecule has 1 amide bonds. The lowest BCUT2D eigenvalue weighted by molar-refractivity contribution is -0.141. The van der Waals surface area contributed by atoms with Gasteiger partial charge in [-0.15, -0.1) is 0 Å². The Labute approximate surface area is 201 Å². The third-order valence-corrected chi connectivity index (χ3v) is 7.37. The van der Waals surface area contributed by atoms with Crippen LogP contribution in [0.3, 0.4) is 0 Å². The molecule has 1 aromatic heterocycles. The normalized spacial score (nSPS) is 25.2. The first kappa shape index (κ1) is 26.9. The lowest BCUT2D eigenvalue weighted by atomic mass is 9.78. The van der Waals surface area contributed by atoms with E-state index in [2.05, 4.69) is 28.6 Å². The van der Waals surface area contributed by atoms with Crippen molar-refractivity contribution in [3.8, 4) is 0 Å². The van der Waals surface area contributed by atoms with Gasteiger partial charge in [0.05, 0.1) is 5.60 Å². The summed E-state index contributed by atoms with van der Waals surface area (Å²) in [5.41, 5.74) is -1.78. The fourth-order valence-electron chi connectivity index (χ4n) is 5.36. The van der Waals surface area contributed by atoms with E-state index in [1.807, 2.05) is 13.8 Å². The van der Waals surface area contributed by atoms with E-state index in [1.165, 1.54) is 17.0 Å². The van der Waals surface area contributed by atoms with Gasteiger partial charge in [-0.25, -0.2) is 4.98 Å². The van der Waals surface area contributed by atoms with Crippen LogP contribution in [0.25, 0.3) is 0 Å². The Morgan fingerprint density at radius 3 is 2.44 bits per heavy atom. The monoisotopic (exact) mass is 484 g/mol. The van der Waals surface area contributed by atoms with Gasteiger partial charge in [-0.1, -0.05) is 19.9 Å². The van der Waals surface area contributed by atoms with E-state index >= 15 is 0 Å². The van der Waals surface area contributed by atoms with Crippen LogP contribution in [-0.2, 0) is 15.7 Å². The van der Waals surface area contributed by atoms with Crippen LogP contribution in [-0.4, -0.2) is 77.2 Å². The molecule has 0 radical (unpaired) electrons. The lowest BCUT2D eigenvalue weighted by Crippen LogP contribution is -2.66. The zero-order valence-electron chi connectivity index (χ0n) is 21.1. The maximum atomic E-state index is 13.4. The summed E-state index contributed by atoms with van der Waals surface area (Å²) in [6.07, 6.45) is -1.88. The molecule has 1 aromatic rings. The Balaban J connectivity index is 1.95. The minimum atomic E-state index is -4.57. The molecule has 2 aliphatic heterocycles. The molecule has 2 atom stereocenters. The van der Waals surface area contributed by atoms with Gasteiger partial charge in [0.25, 0.3) is 0 Å². The van der Waals surface area contributed by atoms with Gasteiger partial charge in [0.15, 0.2) is 0 Å². The van der Waals surface area contributed by atoms with Crippen molar-refractivity contribution in [1.29, 1.82) is 0 Å². The molecule has 0 aliphatic carbocycles. The van der Waals surface area contributed by atoms with Gasteiger partial charge in [-0.2, -0.15) is 13.2 Å². The van der Waals surface area contributed by atoms with Crippen LogP contribution < -0.4 is 4.90 Å². The number of nitrogens with zero attached hydrogens (tertiary/aromatic N) is 4. The highest BCUT2D eigenvalue weighted by Gasteiger charge is 2.48. The molecule has 3 rings (SSSR count). The molecular weight excluding hydrogens is 445 g/mol. The number of alkyl halides is 3. The number of halogens is 3. The molecule has 2 saturated heterocycles. The third-order valence-electron chi connectivity index (χ3n) is 7.37. The van der Waals surface area contributed by atoms with Crippen molar-refractivity contribution in [1.82, 2.24) is 14.8 Å². The summed E-state index contributed by atoms with van der Waals surface area (Å²) in [7, 11) is 0. The van der Waals surface area contributed by atoms with Crippen molar-refractivity contribution in [3.63, 3.8) is 0 Å². The molecule has 192 valence electrons. The standard InChI is InChI=1S/C25H39F3N4O2/c1-6-19(3)30-12-14-31(15-13-30)24(11-16-34-23(4,5)17-24)18-32(22(33)7-2)21-10-8-9-20(29-21)25(26,27)28/h8-10,19H,6-7,11-18H2,1-5H3. The topological polar surface area (TPSA) is 48.9 Å². The number of piperazine rings is 1. The van der Waals surface area contributed by atoms with E-state index in [-0.39, 0.29) is 18.1 Å². The highest BCUT2D eigenvalue weighted by molar-refractivity contribution is 5.92. The van der Waals surface area contributed by atoms with Crippen molar-refractivity contribution in [2.24, 2.45) is 0 Å². The third kappa shape index (κ3) is 6.10. The summed E-state index contributed by atoms with van der Waals surface area (Å²) in [4.78, 5) is 23.3. The van der Waals surface area contributed by atoms with E-state index < -0.39 is 23.0 Å². The highest BCUT2D eigenvalue weighted by Crippen LogP contribution is 2.39. The first-order valence-corrected chi connectivity index (χ1v) is 12.4. The molecule has 0 bridgehead atoms. The number of rotatable bonds is 7. The molecule has 34 heavy (non-hydrogen) atoms. The zero-order valence-corrected chi connectivity index (χ0v) is 21.1. The van der Waals surface area contributed by atoms with Crippen molar-refractivity contribution < 1.29 is 22.7 Å². The second-order valence-corrected chi connectivity index (χ2v) is 10.3. The van der Waals surface area contributed by atoms with E-state index in [4.69, 9.17) is 4.74 Å². The predicted molar refractivity (Wildman–Crippen MR) is 127 cm³/mol. The summed E-state index contributed by atoms with van der Waals surface area (Å²) in [5, 5.41) is 0. The Morgan fingerprint density at radius 2 is 1.88 bits per heavy atom. The molecule has 2 fully saturated rings. The summed E-state index contributed by atoms with van der Waals surface area (Å²) in [6.45, 7) is 14.7. The molecule has 0 saturated carbocycles. The second-order valence-electron chi connectivity index (χ2n) is 10.3. The number of amides is 1. The van der Waals surface area contributed by atoms with Crippen LogP contribution in [0.2, 0.25) is 0 Å². The van der Waals surface area contributed by atoms with Gasteiger partial charge in [0, 0.05) is 57.3 Å². The van der Waals surface area contributed by atoms with Crippen LogP contribution in [0.5, 0.6) is 0 Å². The average Bonchev–Trinajstić information content (AvgIpc) is 2.80. The van der Waals surface area contributed by atoms with Crippen LogP contribution in [0.4, 0.5) is 19.0 Å². The molecule has 2 aliphatic rings. The molecular formula is C25H39F3N4O2. The molecule has 9 heteroatoms. The van der Waals surface area contributed by atoms with Crippen LogP contribution in [0.15, 0.2) is 18.2 Å². The van der Waals surface area contributed by atoms with E-state index in [9.17, 15) is 18.0 Å². The molecule has 2 unspecified atom stereocenters. The van der Waals surface area contributed by atoms with Crippen molar-refractivity contribution in [2.75, 3.05) is 44.2 Å². The lowest BCUT2D eigenvalue weighted by Gasteiger charge is -2.55. The smallest absolute Gasteiger partial charge is 0.375 e. The summed E-state index contributed by atoms with van der Waals surface area (Å²) < 4.78 is 46.2. The number of hydrogen-bond donors (Lipinski definition) is 0. The maximum Gasteiger partial charge on any atom is 0.433 e. The fourth-order valence-corrected chi connectivity index (χ4v) is 5.36. The van der Waals surface area contributed by atoms with E-state index in [0.717, 1.165) is 38.7 Å². The predicted octanol–water partition coefficient (Wildman–Crippen LogP) is 4.59. The van der Waals surface area contributed by atoms with Crippen LogP contribution >= 0.6 is 0 Å². The number of hydrogen-bond acceptors (Lipinski definition) is 5.